The van der Waals surface area contributed by atoms with Gasteiger partial charge in [0.25, 0.3) is 0 Å². The zero-order valence-electron chi connectivity index (χ0n) is 16.5. The van der Waals surface area contributed by atoms with Crippen molar-refractivity contribution in [3.63, 3.8) is 0 Å². The number of rotatable bonds is 2. The molecular formula is C22H22O6. The van der Waals surface area contributed by atoms with Crippen LogP contribution >= 0.6 is 0 Å². The minimum Gasteiger partial charge on any atom is -0.437 e. The number of methoxy groups -OCH3 is 2. The molecule has 28 heavy (non-hydrogen) atoms. The molecule has 0 aliphatic heterocycles. The summed E-state index contributed by atoms with van der Waals surface area (Å²) in [6.07, 6.45) is -1.65. The van der Waals surface area contributed by atoms with Crippen molar-refractivity contribution in [2.24, 2.45) is 0 Å². The van der Waals surface area contributed by atoms with Gasteiger partial charge in [0.05, 0.1) is 14.2 Å². The van der Waals surface area contributed by atoms with Crippen LogP contribution in [0.4, 0.5) is 9.59 Å². The van der Waals surface area contributed by atoms with Gasteiger partial charge in [-0.25, -0.2) is 9.59 Å². The fraction of sp³-hybridized carbons (Fsp3) is 0.273. The molecular weight excluding hydrogens is 360 g/mol. The first-order chi connectivity index (χ1) is 13.3. The summed E-state index contributed by atoms with van der Waals surface area (Å²) in [6.45, 7) is 6.26. The van der Waals surface area contributed by atoms with E-state index in [-0.39, 0.29) is 5.41 Å². The molecule has 0 bridgehead atoms. The van der Waals surface area contributed by atoms with Crippen LogP contribution in [0.15, 0.2) is 42.5 Å². The second kappa shape index (κ2) is 7.38. The first-order valence-corrected chi connectivity index (χ1v) is 8.76. The van der Waals surface area contributed by atoms with Crippen molar-refractivity contribution in [2.45, 2.75) is 26.2 Å². The molecule has 6 heteroatoms. The number of carbonyl (C=O) groups is 2. The summed E-state index contributed by atoms with van der Waals surface area (Å²) in [4.78, 5) is 23.8. The Morgan fingerprint density at radius 3 is 1.64 bits per heavy atom. The molecule has 0 atom stereocenters. The molecule has 0 heterocycles. The molecule has 0 aromatic heterocycles. The average Bonchev–Trinajstić information content (AvgIpc) is 2.68. The highest BCUT2D eigenvalue weighted by molar-refractivity contribution is 6.12. The van der Waals surface area contributed by atoms with Crippen molar-refractivity contribution in [3.8, 4) is 11.5 Å². The summed E-state index contributed by atoms with van der Waals surface area (Å²) >= 11 is 0. The third-order valence-electron chi connectivity index (χ3n) is 4.50. The SMILES string of the molecule is COC(=O)Oc1c2ccccc2c(OC(=O)OC)c2cc(C(C)(C)C)ccc12. The maximum atomic E-state index is 11.9. The molecule has 0 unspecified atom stereocenters. The van der Waals surface area contributed by atoms with E-state index in [1.54, 1.807) is 12.1 Å². The van der Waals surface area contributed by atoms with Crippen molar-refractivity contribution in [2.75, 3.05) is 14.2 Å². The molecule has 3 rings (SSSR count). The maximum Gasteiger partial charge on any atom is 0.513 e. The van der Waals surface area contributed by atoms with Gasteiger partial charge in [-0.1, -0.05) is 57.2 Å². The Kier molecular flexibility index (Phi) is 5.14. The van der Waals surface area contributed by atoms with Crippen molar-refractivity contribution in [3.05, 3.63) is 48.0 Å². The zero-order chi connectivity index (χ0) is 20.5. The molecule has 6 nitrogen and oxygen atoms in total. The number of ether oxygens (including phenoxy) is 4. The van der Waals surface area contributed by atoms with Crippen LogP contribution in [-0.4, -0.2) is 26.5 Å². The second-order valence-electron chi connectivity index (χ2n) is 7.33. The molecule has 0 amide bonds. The highest BCUT2D eigenvalue weighted by atomic mass is 16.7. The van der Waals surface area contributed by atoms with Gasteiger partial charge in [0.2, 0.25) is 0 Å². The molecule has 0 fully saturated rings. The second-order valence-corrected chi connectivity index (χ2v) is 7.33. The van der Waals surface area contributed by atoms with Gasteiger partial charge in [-0.3, -0.25) is 0 Å². The number of carbonyl (C=O) groups excluding carboxylic acids is 2. The van der Waals surface area contributed by atoms with Gasteiger partial charge in [-0.05, 0) is 17.0 Å². The van der Waals surface area contributed by atoms with Crippen molar-refractivity contribution in [1.29, 1.82) is 0 Å². The third-order valence-corrected chi connectivity index (χ3v) is 4.50. The lowest BCUT2D eigenvalue weighted by atomic mass is 9.85. The molecule has 3 aromatic carbocycles. The summed E-state index contributed by atoms with van der Waals surface area (Å²) in [7, 11) is 2.50. The van der Waals surface area contributed by atoms with Crippen molar-refractivity contribution < 1.29 is 28.5 Å². The summed E-state index contributed by atoms with van der Waals surface area (Å²) in [5.74, 6) is 0.691. The number of hydrogen-bond acceptors (Lipinski definition) is 6. The first-order valence-electron chi connectivity index (χ1n) is 8.76. The molecule has 0 N–H and O–H groups in total. The number of fused-ring (bicyclic) bond motifs is 2. The van der Waals surface area contributed by atoms with Gasteiger partial charge < -0.3 is 18.9 Å². The lowest BCUT2D eigenvalue weighted by Crippen LogP contribution is -2.13. The van der Waals surface area contributed by atoms with E-state index in [0.717, 1.165) is 5.56 Å². The smallest absolute Gasteiger partial charge is 0.437 e. The van der Waals surface area contributed by atoms with E-state index >= 15 is 0 Å². The third kappa shape index (κ3) is 3.58. The molecule has 0 saturated heterocycles. The standard InChI is InChI=1S/C22H22O6/c1-22(2,3)13-10-11-16-17(12-13)19(28-21(24)26-5)15-9-7-6-8-14(15)18(16)27-20(23)25-4/h6-12H,1-5H3. The highest BCUT2D eigenvalue weighted by Crippen LogP contribution is 2.44. The monoisotopic (exact) mass is 382 g/mol. The van der Waals surface area contributed by atoms with E-state index in [9.17, 15) is 9.59 Å². The Morgan fingerprint density at radius 2 is 1.18 bits per heavy atom. The normalized spacial score (nSPS) is 11.3. The summed E-state index contributed by atoms with van der Waals surface area (Å²) in [5, 5.41) is 2.49. The van der Waals surface area contributed by atoms with Crippen molar-refractivity contribution in [1.82, 2.24) is 0 Å². The summed E-state index contributed by atoms with van der Waals surface area (Å²) in [5.41, 5.74) is 0.903. The minimum absolute atomic E-state index is 0.133. The molecule has 3 aromatic rings. The predicted octanol–water partition coefficient (Wildman–Crippen LogP) is 5.58. The zero-order valence-corrected chi connectivity index (χ0v) is 16.5. The average molecular weight is 382 g/mol. The fourth-order valence-corrected chi connectivity index (χ4v) is 3.04. The van der Waals surface area contributed by atoms with Crippen LogP contribution in [0.25, 0.3) is 21.5 Å². The van der Waals surface area contributed by atoms with Gasteiger partial charge in [0.1, 0.15) is 11.5 Å². The van der Waals surface area contributed by atoms with Crippen LogP contribution in [-0.2, 0) is 14.9 Å². The van der Waals surface area contributed by atoms with Gasteiger partial charge in [0, 0.05) is 21.5 Å². The molecule has 0 spiro atoms. The van der Waals surface area contributed by atoms with Crippen molar-refractivity contribution >= 4 is 33.9 Å². The van der Waals surface area contributed by atoms with Crippen LogP contribution in [0.5, 0.6) is 11.5 Å². The van der Waals surface area contributed by atoms with Gasteiger partial charge >= 0.3 is 12.3 Å². The van der Waals surface area contributed by atoms with Crippen LogP contribution in [0.1, 0.15) is 26.3 Å². The summed E-state index contributed by atoms with van der Waals surface area (Å²) in [6, 6.07) is 12.9. The molecule has 0 radical (unpaired) electrons. The summed E-state index contributed by atoms with van der Waals surface area (Å²) < 4.78 is 20.4. The molecule has 0 saturated carbocycles. The Bertz CT molecular complexity index is 1060. The van der Waals surface area contributed by atoms with E-state index in [1.165, 1.54) is 14.2 Å². The Hall–Kier alpha value is -3.28. The van der Waals surface area contributed by atoms with E-state index in [1.807, 2.05) is 30.3 Å². The van der Waals surface area contributed by atoms with E-state index in [4.69, 9.17) is 14.2 Å². The minimum atomic E-state index is -0.826. The largest absolute Gasteiger partial charge is 0.513 e. The molecule has 0 aliphatic carbocycles. The first kappa shape index (κ1) is 19.5. The topological polar surface area (TPSA) is 71.1 Å². The molecule has 146 valence electrons. The van der Waals surface area contributed by atoms with E-state index in [0.29, 0.717) is 33.0 Å². The lowest BCUT2D eigenvalue weighted by Gasteiger charge is -2.21. The lowest BCUT2D eigenvalue weighted by molar-refractivity contribution is 0.120. The quantitative estimate of drug-likeness (QED) is 0.327. The highest BCUT2D eigenvalue weighted by Gasteiger charge is 2.23. The van der Waals surface area contributed by atoms with E-state index in [2.05, 4.69) is 25.5 Å². The number of hydrogen-bond donors (Lipinski definition) is 0. The van der Waals surface area contributed by atoms with Crippen LogP contribution < -0.4 is 9.47 Å². The number of benzene rings is 3. The van der Waals surface area contributed by atoms with Crippen LogP contribution in [0.3, 0.4) is 0 Å². The Balaban J connectivity index is 2.43. The van der Waals surface area contributed by atoms with Crippen LogP contribution in [0, 0.1) is 0 Å². The fourth-order valence-electron chi connectivity index (χ4n) is 3.04. The Labute approximate surface area is 162 Å². The van der Waals surface area contributed by atoms with E-state index < -0.39 is 12.3 Å². The van der Waals surface area contributed by atoms with Crippen LogP contribution in [0.2, 0.25) is 0 Å². The van der Waals surface area contributed by atoms with Gasteiger partial charge in [-0.2, -0.15) is 0 Å². The van der Waals surface area contributed by atoms with Gasteiger partial charge in [-0.15, -0.1) is 0 Å². The predicted molar refractivity (Wildman–Crippen MR) is 106 cm³/mol. The maximum absolute atomic E-state index is 11.9. The molecule has 0 aliphatic rings. The van der Waals surface area contributed by atoms with Gasteiger partial charge in [0.15, 0.2) is 0 Å². The Morgan fingerprint density at radius 1 is 0.714 bits per heavy atom.